The summed E-state index contributed by atoms with van der Waals surface area (Å²) in [6, 6.07) is 15.2. The average Bonchev–Trinajstić information content (AvgIpc) is 2.56. The van der Waals surface area contributed by atoms with Crippen LogP contribution >= 0.6 is 15.9 Å². The van der Waals surface area contributed by atoms with Gasteiger partial charge in [-0.25, -0.2) is 5.43 Å². The normalized spacial score (nSPS) is 12.2. The Morgan fingerprint density at radius 1 is 1.25 bits per heavy atom. The van der Waals surface area contributed by atoms with Crippen LogP contribution < -0.4 is 10.3 Å². The minimum Gasteiger partial charge on any atom is -0.377 e. The second kappa shape index (κ2) is 8.61. The second-order valence-electron chi connectivity index (χ2n) is 5.37. The average molecular weight is 390 g/mol. The van der Waals surface area contributed by atoms with E-state index < -0.39 is 6.10 Å². The van der Waals surface area contributed by atoms with Crippen molar-refractivity contribution in [3.8, 4) is 0 Å². The maximum atomic E-state index is 12.2. The van der Waals surface area contributed by atoms with Gasteiger partial charge >= 0.3 is 0 Å². The number of nitrogens with zero attached hydrogens (tertiary/aromatic N) is 2. The molecule has 1 N–H and O–H groups in total. The fraction of sp³-hybridized carbons (Fsp3) is 0.222. The quantitative estimate of drug-likeness (QED) is 0.608. The number of carbonyl (C=O) groups is 1. The highest BCUT2D eigenvalue weighted by molar-refractivity contribution is 9.10. The summed E-state index contributed by atoms with van der Waals surface area (Å²) in [5.74, 6) is -0.316. The minimum absolute atomic E-state index is 0.316. The minimum atomic E-state index is -0.689. The van der Waals surface area contributed by atoms with Crippen LogP contribution in [0.1, 0.15) is 17.2 Å². The first kappa shape index (κ1) is 18.2. The monoisotopic (exact) mass is 389 g/mol. The van der Waals surface area contributed by atoms with Crippen molar-refractivity contribution in [3.05, 3.63) is 64.1 Å². The summed E-state index contributed by atoms with van der Waals surface area (Å²) in [6.45, 7) is 0. The van der Waals surface area contributed by atoms with E-state index in [9.17, 15) is 4.79 Å². The third-order valence-electron chi connectivity index (χ3n) is 3.42. The molecule has 24 heavy (non-hydrogen) atoms. The van der Waals surface area contributed by atoms with Crippen molar-refractivity contribution in [2.24, 2.45) is 5.10 Å². The van der Waals surface area contributed by atoms with Crippen LogP contribution in [-0.4, -0.2) is 33.3 Å². The van der Waals surface area contributed by atoms with Crippen molar-refractivity contribution in [1.82, 2.24) is 5.43 Å². The van der Waals surface area contributed by atoms with Gasteiger partial charge in [-0.2, -0.15) is 5.10 Å². The molecule has 0 aliphatic carbocycles. The molecule has 0 saturated carbocycles. The molecule has 5 nitrogen and oxygen atoms in total. The van der Waals surface area contributed by atoms with Gasteiger partial charge in [0.15, 0.2) is 6.10 Å². The van der Waals surface area contributed by atoms with Crippen LogP contribution in [0, 0.1) is 0 Å². The molecule has 0 aliphatic rings. The smallest absolute Gasteiger partial charge is 0.273 e. The molecule has 0 fully saturated rings. The Hall–Kier alpha value is -2.18. The molecule has 1 unspecified atom stereocenters. The van der Waals surface area contributed by atoms with E-state index in [0.717, 1.165) is 21.3 Å². The number of nitrogens with one attached hydrogen (secondary N) is 1. The summed E-state index contributed by atoms with van der Waals surface area (Å²) in [4.78, 5) is 14.2. The molecule has 1 amide bonds. The van der Waals surface area contributed by atoms with Crippen molar-refractivity contribution in [1.29, 1.82) is 0 Å². The molecular weight excluding hydrogens is 370 g/mol. The Kier molecular flexibility index (Phi) is 6.52. The number of hydrogen-bond acceptors (Lipinski definition) is 4. The summed E-state index contributed by atoms with van der Waals surface area (Å²) < 4.78 is 6.22. The van der Waals surface area contributed by atoms with Crippen molar-refractivity contribution in [2.45, 2.75) is 6.10 Å². The third kappa shape index (κ3) is 4.66. The zero-order valence-corrected chi connectivity index (χ0v) is 15.4. The summed E-state index contributed by atoms with van der Waals surface area (Å²) in [6.07, 6.45) is 0.908. The molecular formula is C18H20BrN3O2. The van der Waals surface area contributed by atoms with E-state index in [2.05, 4.69) is 26.5 Å². The molecule has 0 spiro atoms. The van der Waals surface area contributed by atoms with E-state index in [4.69, 9.17) is 4.74 Å². The van der Waals surface area contributed by atoms with Crippen LogP contribution in [0.2, 0.25) is 0 Å². The van der Waals surface area contributed by atoms with Crippen LogP contribution in [0.25, 0.3) is 0 Å². The molecule has 6 heteroatoms. The highest BCUT2D eigenvalue weighted by Crippen LogP contribution is 2.25. The fourth-order valence-electron chi connectivity index (χ4n) is 2.22. The molecule has 2 rings (SSSR count). The number of rotatable bonds is 6. The SMILES string of the molecule is COC(C(=O)NN=Cc1ccc(N(C)C)c(Br)c1)c1ccccc1. The zero-order chi connectivity index (χ0) is 17.5. The van der Waals surface area contributed by atoms with Crippen LogP contribution in [0.5, 0.6) is 0 Å². The number of carbonyl (C=O) groups excluding carboxylic acids is 1. The van der Waals surface area contributed by atoms with Crippen molar-refractivity contribution in [2.75, 3.05) is 26.1 Å². The lowest BCUT2D eigenvalue weighted by Gasteiger charge is -2.14. The second-order valence-corrected chi connectivity index (χ2v) is 6.22. The summed E-state index contributed by atoms with van der Waals surface area (Å²) in [5.41, 5.74) is 5.25. The van der Waals surface area contributed by atoms with Crippen molar-refractivity contribution in [3.63, 3.8) is 0 Å². The van der Waals surface area contributed by atoms with Crippen molar-refractivity contribution < 1.29 is 9.53 Å². The van der Waals surface area contributed by atoms with Crippen LogP contribution in [0.4, 0.5) is 5.69 Å². The summed E-state index contributed by atoms with van der Waals surface area (Å²) in [5, 5.41) is 4.01. The van der Waals surface area contributed by atoms with Crippen molar-refractivity contribution >= 4 is 33.7 Å². The first-order chi connectivity index (χ1) is 11.5. The first-order valence-electron chi connectivity index (χ1n) is 7.40. The number of anilines is 1. The van der Waals surface area contributed by atoms with Gasteiger partial charge in [0, 0.05) is 25.7 Å². The fourth-order valence-corrected chi connectivity index (χ4v) is 2.97. The molecule has 1 atom stereocenters. The van der Waals surface area contributed by atoms with E-state index in [0.29, 0.717) is 0 Å². The first-order valence-corrected chi connectivity index (χ1v) is 8.19. The van der Waals surface area contributed by atoms with Gasteiger partial charge in [-0.05, 0) is 39.2 Å². The number of benzene rings is 2. The Bertz CT molecular complexity index is 717. The van der Waals surface area contributed by atoms with Gasteiger partial charge < -0.3 is 9.64 Å². The molecule has 0 aliphatic heterocycles. The van der Waals surface area contributed by atoms with E-state index in [1.807, 2.05) is 67.5 Å². The summed E-state index contributed by atoms with van der Waals surface area (Å²) in [7, 11) is 5.45. The largest absolute Gasteiger partial charge is 0.377 e. The van der Waals surface area contributed by atoms with Gasteiger partial charge in [0.1, 0.15) is 0 Å². The Morgan fingerprint density at radius 3 is 2.54 bits per heavy atom. The summed E-state index contributed by atoms with van der Waals surface area (Å²) >= 11 is 3.52. The Balaban J connectivity index is 2.03. The molecule has 0 radical (unpaired) electrons. The number of methoxy groups -OCH3 is 1. The van der Waals surface area contributed by atoms with E-state index in [1.165, 1.54) is 7.11 Å². The van der Waals surface area contributed by atoms with Gasteiger partial charge in [-0.3, -0.25) is 4.79 Å². The molecule has 0 bridgehead atoms. The Labute approximate surface area is 150 Å². The number of hydrogen-bond donors (Lipinski definition) is 1. The third-order valence-corrected chi connectivity index (χ3v) is 4.05. The lowest BCUT2D eigenvalue weighted by Crippen LogP contribution is -2.26. The Morgan fingerprint density at radius 2 is 1.96 bits per heavy atom. The maximum Gasteiger partial charge on any atom is 0.273 e. The highest BCUT2D eigenvalue weighted by Gasteiger charge is 2.19. The predicted molar refractivity (Wildman–Crippen MR) is 100 cm³/mol. The number of ether oxygens (including phenoxy) is 1. The van der Waals surface area contributed by atoms with Crippen LogP contribution in [0.15, 0.2) is 58.1 Å². The predicted octanol–water partition coefficient (Wildman–Crippen LogP) is 3.35. The molecule has 2 aromatic carbocycles. The topological polar surface area (TPSA) is 53.9 Å². The molecule has 126 valence electrons. The lowest BCUT2D eigenvalue weighted by molar-refractivity contribution is -0.131. The van der Waals surface area contributed by atoms with Gasteiger partial charge in [0.25, 0.3) is 5.91 Å². The van der Waals surface area contributed by atoms with Crippen LogP contribution in [0.3, 0.4) is 0 Å². The number of halogens is 1. The van der Waals surface area contributed by atoms with Gasteiger partial charge in [0.05, 0.1) is 11.9 Å². The van der Waals surface area contributed by atoms with Gasteiger partial charge in [-0.15, -0.1) is 0 Å². The lowest BCUT2D eigenvalue weighted by atomic mass is 10.1. The van der Waals surface area contributed by atoms with Gasteiger partial charge in [-0.1, -0.05) is 36.4 Å². The standard InChI is InChI=1S/C18H20BrN3O2/c1-22(2)16-10-9-13(11-15(16)19)12-20-21-18(23)17(24-3)14-7-5-4-6-8-14/h4-12,17H,1-3H3,(H,21,23). The molecule has 0 heterocycles. The molecule has 0 aromatic heterocycles. The van der Waals surface area contributed by atoms with Crippen LogP contribution in [-0.2, 0) is 9.53 Å². The highest BCUT2D eigenvalue weighted by atomic mass is 79.9. The number of amides is 1. The number of hydrazone groups is 1. The van der Waals surface area contributed by atoms with E-state index >= 15 is 0 Å². The molecule has 0 saturated heterocycles. The zero-order valence-electron chi connectivity index (χ0n) is 13.9. The van der Waals surface area contributed by atoms with E-state index in [1.54, 1.807) is 6.21 Å². The maximum absolute atomic E-state index is 12.2. The van der Waals surface area contributed by atoms with Gasteiger partial charge in [0.2, 0.25) is 0 Å². The van der Waals surface area contributed by atoms with E-state index in [-0.39, 0.29) is 5.91 Å². The molecule has 2 aromatic rings.